The number of hydrogen-bond donors (Lipinski definition) is 1. The maximum absolute atomic E-state index is 13.7. The molecule has 1 aliphatic rings. The second-order valence-electron chi connectivity index (χ2n) is 9.04. The Bertz CT molecular complexity index is 624. The molecule has 1 N–H and O–H groups in total. The molecule has 0 aromatic heterocycles. The molecule has 1 saturated carbocycles. The number of amides is 1. The topological polar surface area (TPSA) is 29.1 Å². The molecule has 160 valence electrons. The van der Waals surface area contributed by atoms with Crippen molar-refractivity contribution in [2.24, 2.45) is 0 Å². The Morgan fingerprint density at radius 1 is 0.964 bits per heavy atom. The molecule has 0 atom stereocenters. The summed E-state index contributed by atoms with van der Waals surface area (Å²) >= 11 is 0. The van der Waals surface area contributed by atoms with Gasteiger partial charge in [0.25, 0.3) is 0 Å². The normalized spacial score (nSPS) is 16.1. The Morgan fingerprint density at radius 3 is 1.75 bits per heavy atom. The van der Waals surface area contributed by atoms with Crippen LogP contribution < -0.4 is 5.32 Å². The first kappa shape index (κ1) is 23.3. The van der Waals surface area contributed by atoms with E-state index in [1.54, 1.807) is 0 Å². The average molecular weight is 410 g/mol. The summed E-state index contributed by atoms with van der Waals surface area (Å²) in [7, 11) is -1.72. The minimum atomic E-state index is -1.72. The maximum atomic E-state index is 13.7. The van der Waals surface area contributed by atoms with Gasteiger partial charge in [-0.05, 0) is 0 Å². The first-order valence-corrected chi connectivity index (χ1v) is 14.1. The van der Waals surface area contributed by atoms with E-state index in [2.05, 4.69) is 26.1 Å². The molecule has 0 unspecified atom stereocenters. The van der Waals surface area contributed by atoms with Crippen molar-refractivity contribution in [2.45, 2.75) is 91.1 Å². The second kappa shape index (κ2) is 10.2. The zero-order valence-corrected chi connectivity index (χ0v) is 19.7. The fourth-order valence-electron chi connectivity index (χ4n) is 5.10. The molecule has 0 radical (unpaired) electrons. The monoisotopic (exact) mass is 409 g/mol. The number of halogens is 1. The number of carbonyl (C=O) groups excluding carboxylic acids is 1. The number of carbonyl (C=O) groups is 1. The van der Waals surface area contributed by atoms with E-state index in [9.17, 15) is 9.18 Å². The second-order valence-corrected chi connectivity index (χ2v) is 14.1. The molecule has 0 aliphatic heterocycles. The quantitative estimate of drug-likeness (QED) is 0.368. The van der Waals surface area contributed by atoms with Crippen LogP contribution in [0.4, 0.5) is 10.1 Å². The summed E-state index contributed by atoms with van der Waals surface area (Å²) in [6.07, 6.45) is 13.4. The summed E-state index contributed by atoms with van der Waals surface area (Å²) in [5.41, 5.74) is 2.47. The molecule has 0 bridgehead atoms. The van der Waals surface area contributed by atoms with Gasteiger partial charge in [0.2, 0.25) is 0 Å². The number of unbranched alkanes of at least 4 members (excludes halogenated alkanes) is 3. The van der Waals surface area contributed by atoms with Gasteiger partial charge in [-0.25, -0.2) is 0 Å². The summed E-state index contributed by atoms with van der Waals surface area (Å²) in [5.74, 6) is 0.00646. The van der Waals surface area contributed by atoms with Gasteiger partial charge in [0.1, 0.15) is 0 Å². The molecule has 28 heavy (non-hydrogen) atoms. The van der Waals surface area contributed by atoms with Crippen LogP contribution >= 0.6 is 7.26 Å². The Balaban J connectivity index is 2.33. The zero-order chi connectivity index (χ0) is 20.8. The molecule has 1 aromatic rings. The Labute approximate surface area is 172 Å². The number of rotatable bonds is 12. The third-order valence-corrected chi connectivity index (χ3v) is 13.7. The summed E-state index contributed by atoms with van der Waals surface area (Å²) in [5, 5.41) is 3.17. The van der Waals surface area contributed by atoms with Crippen molar-refractivity contribution >= 4 is 18.9 Å². The van der Waals surface area contributed by atoms with Crippen molar-refractivity contribution in [3.63, 3.8) is 0 Å². The van der Waals surface area contributed by atoms with Crippen molar-refractivity contribution in [2.75, 3.05) is 23.8 Å². The van der Waals surface area contributed by atoms with E-state index in [-0.39, 0.29) is 16.9 Å². The minimum absolute atomic E-state index is 0.0974. The van der Waals surface area contributed by atoms with Gasteiger partial charge in [-0.1, -0.05) is 0 Å². The van der Waals surface area contributed by atoms with Crippen LogP contribution in [0.2, 0.25) is 0 Å². The van der Waals surface area contributed by atoms with Crippen LogP contribution in [0.3, 0.4) is 0 Å². The Hall–Kier alpha value is -0.950. The number of benzene rings is 1. The number of nitrogens with one attached hydrogen (secondary N) is 1. The van der Waals surface area contributed by atoms with Crippen molar-refractivity contribution in [3.05, 3.63) is 29.1 Å². The van der Waals surface area contributed by atoms with E-state index in [4.69, 9.17) is 0 Å². The van der Waals surface area contributed by atoms with E-state index in [1.165, 1.54) is 69.1 Å². The van der Waals surface area contributed by atoms with Crippen molar-refractivity contribution in [3.8, 4) is 0 Å². The van der Waals surface area contributed by atoms with Crippen LogP contribution in [-0.2, 0) is 4.79 Å². The summed E-state index contributed by atoms with van der Waals surface area (Å²) in [4.78, 5) is 13.7. The van der Waals surface area contributed by atoms with E-state index in [0.29, 0.717) is 0 Å². The van der Waals surface area contributed by atoms with Crippen LogP contribution in [0.15, 0.2) is 12.1 Å². The predicted molar refractivity (Wildman–Crippen MR) is 124 cm³/mol. The molecule has 2 rings (SSSR count). The van der Waals surface area contributed by atoms with Gasteiger partial charge in [0.15, 0.2) is 0 Å². The van der Waals surface area contributed by atoms with Gasteiger partial charge >= 0.3 is 172 Å². The Kier molecular flexibility index (Phi) is 8.49. The zero-order valence-electron chi connectivity index (χ0n) is 18.7. The van der Waals surface area contributed by atoms with Gasteiger partial charge in [-0.3, -0.25) is 0 Å². The molecule has 0 saturated heterocycles. The van der Waals surface area contributed by atoms with Crippen LogP contribution in [0, 0.1) is 19.7 Å². The van der Waals surface area contributed by atoms with Gasteiger partial charge in [-0.2, -0.15) is 0 Å². The van der Waals surface area contributed by atoms with Crippen LogP contribution in [0.25, 0.3) is 0 Å². The van der Waals surface area contributed by atoms with E-state index in [0.717, 1.165) is 29.7 Å². The molecule has 2 nitrogen and oxygen atoms in total. The van der Waals surface area contributed by atoms with Crippen molar-refractivity contribution in [1.29, 1.82) is 0 Å². The SMILES string of the molecule is CCCC[PH](CCCC)(CCCC)C1(C(=O)Nc2c(C)cc(F)cc2C)CC1. The van der Waals surface area contributed by atoms with E-state index < -0.39 is 7.26 Å². The van der Waals surface area contributed by atoms with E-state index >= 15 is 0 Å². The molecular formula is C24H41FNOP. The summed E-state index contributed by atoms with van der Waals surface area (Å²) < 4.78 is 13.7. The molecular weight excluding hydrogens is 368 g/mol. The van der Waals surface area contributed by atoms with Crippen LogP contribution in [-0.4, -0.2) is 29.5 Å². The fourth-order valence-corrected chi connectivity index (χ4v) is 12.1. The van der Waals surface area contributed by atoms with Gasteiger partial charge in [-0.15, -0.1) is 0 Å². The number of anilines is 1. The molecule has 0 spiro atoms. The molecule has 0 heterocycles. The molecule has 4 heteroatoms. The third-order valence-electron chi connectivity index (χ3n) is 6.96. The van der Waals surface area contributed by atoms with Crippen molar-refractivity contribution < 1.29 is 9.18 Å². The van der Waals surface area contributed by atoms with Gasteiger partial charge in [0.05, 0.1) is 0 Å². The molecule has 1 fully saturated rings. The van der Waals surface area contributed by atoms with Gasteiger partial charge in [0, 0.05) is 0 Å². The first-order chi connectivity index (χ1) is 13.4. The van der Waals surface area contributed by atoms with Crippen LogP contribution in [0.1, 0.15) is 83.3 Å². The Morgan fingerprint density at radius 2 is 1.39 bits per heavy atom. The number of hydrogen-bond acceptors (Lipinski definition) is 1. The summed E-state index contributed by atoms with van der Waals surface area (Å²) in [6, 6.07) is 3.05. The average Bonchev–Trinajstić information content (AvgIpc) is 3.46. The molecule has 1 amide bonds. The first-order valence-electron chi connectivity index (χ1n) is 11.4. The van der Waals surface area contributed by atoms with E-state index in [1.807, 2.05) is 13.8 Å². The fraction of sp³-hybridized carbons (Fsp3) is 0.708. The van der Waals surface area contributed by atoms with Crippen LogP contribution in [0.5, 0.6) is 0 Å². The number of aryl methyl sites for hydroxylation is 2. The van der Waals surface area contributed by atoms with Gasteiger partial charge < -0.3 is 0 Å². The predicted octanol–water partition coefficient (Wildman–Crippen LogP) is 7.06. The third kappa shape index (κ3) is 4.96. The van der Waals surface area contributed by atoms with Crippen molar-refractivity contribution in [1.82, 2.24) is 0 Å². The molecule has 1 aliphatic carbocycles. The molecule has 1 aromatic carbocycles. The standard InChI is InChI=1S/C24H41FNOP/c1-6-9-14-28(15-10-7-2,16-11-8-3)24(12-13-24)23(27)26-22-19(4)17-21(25)18-20(22)5/h17-18,28H,6-16H2,1-5H3,(H,26,27). The summed E-state index contributed by atoms with van der Waals surface area (Å²) in [6.45, 7) is 10.6.